The quantitative estimate of drug-likeness (QED) is 0.0409. The van der Waals surface area contributed by atoms with Crippen molar-refractivity contribution < 1.29 is 113 Å². The zero-order chi connectivity index (χ0) is 63.9. The van der Waals surface area contributed by atoms with Crippen molar-refractivity contribution in [2.24, 2.45) is 11.7 Å². The number of hydrogen-bond acceptors (Lipinski definition) is 16. The van der Waals surface area contributed by atoms with Gasteiger partial charge in [-0.25, -0.2) is 0 Å². The molecule has 3 aromatic heterocycles. The van der Waals surface area contributed by atoms with Crippen molar-refractivity contribution in [1.82, 2.24) is 4.90 Å². The van der Waals surface area contributed by atoms with Crippen LogP contribution in [0, 0.1) is 20.8 Å². The van der Waals surface area contributed by atoms with Crippen LogP contribution >= 0.6 is 0 Å². The first-order chi connectivity index (χ1) is 43.9. The predicted octanol–water partition coefficient (Wildman–Crippen LogP) is 15.1. The number of fused-ring (bicyclic) bond motifs is 9. The average molecular weight is 1630 g/mol. The number of furan rings is 3. The zero-order valence-corrected chi connectivity index (χ0v) is 60.9. The van der Waals surface area contributed by atoms with Crippen LogP contribution in [0.25, 0.3) is 65.2 Å². The van der Waals surface area contributed by atoms with Gasteiger partial charge in [0.25, 0.3) is 0 Å². The van der Waals surface area contributed by atoms with Gasteiger partial charge in [0.1, 0.15) is 80.9 Å². The molecule has 502 valence electrons. The second-order valence-corrected chi connectivity index (χ2v) is 25.5. The van der Waals surface area contributed by atoms with E-state index in [1.807, 2.05) is 117 Å². The third-order valence-corrected chi connectivity index (χ3v) is 17.9. The van der Waals surface area contributed by atoms with Crippen molar-refractivity contribution >= 4 is 112 Å². The van der Waals surface area contributed by atoms with Crippen molar-refractivity contribution in [3.63, 3.8) is 0 Å². The largest absolute Gasteiger partial charge is 0.494 e. The molecule has 95 heavy (non-hydrogen) atoms. The summed E-state index contributed by atoms with van der Waals surface area (Å²) in [6, 6.07) is 29.4. The van der Waals surface area contributed by atoms with E-state index in [4.69, 9.17) is 37.9 Å². The Morgan fingerprint density at radius 2 is 0.884 bits per heavy atom. The molecule has 9 aromatic rings. The van der Waals surface area contributed by atoms with E-state index in [9.17, 15) is 38.4 Å². The van der Waals surface area contributed by atoms with Crippen LogP contribution in [-0.2, 0) is 85.2 Å². The van der Waals surface area contributed by atoms with Gasteiger partial charge in [0.15, 0.2) is 0 Å². The van der Waals surface area contributed by atoms with Gasteiger partial charge < -0.3 is 57.7 Å². The molecule has 4 heterocycles. The number of nitrogens with zero attached hydrogens (tertiary/aromatic N) is 1. The standard InChI is InChI=1S/C28H31NO5.C26H28O6.C20H19NO4.2CH3.2W/c1-18(30)29-12-10-19(11-13-29)3-2-14-33-22-6-8-23-20(15-22)4-9-27-28(23)25(17-34-27)24-7-5-21(31)16-26(24)32;1-26(2,3)32-24(29)5-4-12-30-18-8-10-19-16(13-18)6-11-23-25(19)21(15-31-23)20-9-7-17(27)14-22(20)28;21-7-8-24-14-3-5-15-12(9-14)1-6-19-20(15)17(11-25-19)16-4-2-13(22)10-18(16)23;;;;/h4,6,8-9,15,17,19,24H,2-3,5,7,10-14,16H2,1H3;6,8,10-11,13,15,20H,4-5,7,9,12,14H2,1-3H3;1,3,5-6,9,11,16H,2,4,7-8,10,21H2;2*1H3;;/q;;;2*-1;;. The van der Waals surface area contributed by atoms with Gasteiger partial charge in [-0.3, -0.25) is 38.4 Å². The van der Waals surface area contributed by atoms with E-state index in [2.05, 4.69) is 0 Å². The summed E-state index contributed by atoms with van der Waals surface area (Å²) in [5, 5.41) is 8.92. The van der Waals surface area contributed by atoms with Crippen LogP contribution in [0.2, 0.25) is 0 Å². The normalized spacial score (nSPS) is 17.7. The first-order valence-corrected chi connectivity index (χ1v) is 31.9. The second kappa shape index (κ2) is 33.4. The first-order valence-electron chi connectivity index (χ1n) is 31.9. The summed E-state index contributed by atoms with van der Waals surface area (Å²) in [5.74, 6) is 2.10. The van der Waals surface area contributed by atoms with Crippen LogP contribution in [0.3, 0.4) is 0 Å². The minimum Gasteiger partial charge on any atom is -0.494 e. The van der Waals surface area contributed by atoms with Gasteiger partial charge in [-0.15, -0.1) is 0 Å². The molecule has 13 rings (SSSR count). The molecule has 1 saturated heterocycles. The van der Waals surface area contributed by atoms with Crippen molar-refractivity contribution in [2.45, 2.75) is 147 Å². The Morgan fingerprint density at radius 1 is 0.516 bits per heavy atom. The van der Waals surface area contributed by atoms with Crippen LogP contribution in [0.1, 0.15) is 158 Å². The molecule has 1 aliphatic heterocycles. The number of benzene rings is 6. The summed E-state index contributed by atoms with van der Waals surface area (Å²) in [6.45, 7) is 11.0. The maximum atomic E-state index is 12.5. The van der Waals surface area contributed by atoms with E-state index in [1.54, 1.807) is 25.7 Å². The van der Waals surface area contributed by atoms with Gasteiger partial charge in [-0.2, -0.15) is 0 Å². The topological polar surface area (TPSA) is 242 Å². The van der Waals surface area contributed by atoms with Gasteiger partial charge in [0, 0.05) is 145 Å². The molecule has 17 nitrogen and oxygen atoms in total. The van der Waals surface area contributed by atoms with Crippen LogP contribution in [-0.4, -0.2) is 96.5 Å². The van der Waals surface area contributed by atoms with Gasteiger partial charge >= 0.3 is 5.97 Å². The molecule has 3 aliphatic carbocycles. The Morgan fingerprint density at radius 3 is 1.23 bits per heavy atom. The summed E-state index contributed by atoms with van der Waals surface area (Å²) in [7, 11) is 0. The molecule has 0 bridgehead atoms. The molecule has 3 atom stereocenters. The Bertz CT molecular complexity index is 4260. The summed E-state index contributed by atoms with van der Waals surface area (Å²) >= 11 is 0. The third-order valence-electron chi connectivity index (χ3n) is 17.9. The number of esters is 1. The first kappa shape index (κ1) is 74.8. The summed E-state index contributed by atoms with van der Waals surface area (Å²) in [5.41, 5.74) is 9.87. The Balaban J connectivity index is 0.000000199. The number of ether oxygens (including phenoxy) is 4. The smallest absolute Gasteiger partial charge is 0.306 e. The Labute approximate surface area is 582 Å². The van der Waals surface area contributed by atoms with Gasteiger partial charge in [0.2, 0.25) is 5.91 Å². The minimum atomic E-state index is -0.481. The average Bonchev–Trinajstić information content (AvgIpc) is 1.70. The minimum absolute atomic E-state index is 0. The summed E-state index contributed by atoms with van der Waals surface area (Å²) in [4.78, 5) is 97.4. The molecule has 4 fully saturated rings. The molecule has 1 amide bonds. The number of rotatable bonds is 16. The van der Waals surface area contributed by atoms with Crippen LogP contribution in [0.5, 0.6) is 17.2 Å². The monoisotopic (exact) mass is 1630 g/mol. The van der Waals surface area contributed by atoms with E-state index in [0.717, 1.165) is 132 Å². The fourth-order valence-corrected chi connectivity index (χ4v) is 13.3. The molecule has 0 spiro atoms. The fraction of sp³-hybridized carbons (Fsp3) is 0.395. The van der Waals surface area contributed by atoms with Crippen molar-refractivity contribution in [2.75, 3.05) is 39.5 Å². The molecule has 0 radical (unpaired) electrons. The summed E-state index contributed by atoms with van der Waals surface area (Å²) < 4.78 is 40.0. The van der Waals surface area contributed by atoms with E-state index in [1.165, 1.54) is 0 Å². The number of likely N-dealkylation sites (tertiary alicyclic amines) is 1. The number of Topliss-reactive ketones (excluding diaryl/α,β-unsaturated/α-hetero) is 6. The van der Waals surface area contributed by atoms with Crippen LogP contribution in [0.4, 0.5) is 0 Å². The van der Waals surface area contributed by atoms with E-state index in [-0.39, 0.29) is 141 Å². The molecule has 4 aliphatic rings. The van der Waals surface area contributed by atoms with Crippen LogP contribution < -0.4 is 19.9 Å². The number of hydrogen-bond donors (Lipinski definition) is 1. The molecule has 6 aromatic carbocycles. The number of amides is 1. The number of nitrogens with two attached hydrogens (primary N) is 1. The van der Waals surface area contributed by atoms with Crippen molar-refractivity contribution in [3.8, 4) is 17.2 Å². The molecule has 3 unspecified atom stereocenters. The van der Waals surface area contributed by atoms with Crippen LogP contribution in [0.15, 0.2) is 123 Å². The Kier molecular flexibility index (Phi) is 26.3. The maximum Gasteiger partial charge on any atom is 0.306 e. The third kappa shape index (κ3) is 17.9. The fourth-order valence-electron chi connectivity index (χ4n) is 13.3. The SMILES string of the molecule is CC(=O)N1CCC(CCCOc2ccc3c(ccc4occ(C5CCC(=O)CC5=O)c43)c2)CC1.CC(C)(C)OC(=O)CCCOc1ccc2c(ccc3occ(C4CCC(=O)CC4=O)c32)c1.NCCOc1ccc2c(ccc3occ(C4CCC(=O)CC4=O)c32)c1.[CH3-].[CH3-].[W].[W]. The number of ketones is 6. The zero-order valence-electron chi connectivity index (χ0n) is 55.0. The molecular formula is C76H84N2O15W2-2. The number of carbonyl (C=O) groups excluding carboxylic acids is 8. The number of piperidine rings is 1. The predicted molar refractivity (Wildman–Crippen MR) is 359 cm³/mol. The van der Waals surface area contributed by atoms with E-state index >= 15 is 0 Å². The summed E-state index contributed by atoms with van der Waals surface area (Å²) in [6.07, 6.45) is 13.2. The Hall–Kier alpha value is -7.58. The molecular weight excluding hydrogens is 1550 g/mol. The van der Waals surface area contributed by atoms with E-state index in [0.29, 0.717) is 89.4 Å². The van der Waals surface area contributed by atoms with Gasteiger partial charge in [-0.1, -0.05) is 18.2 Å². The molecule has 3 saturated carbocycles. The molecule has 19 heteroatoms. The van der Waals surface area contributed by atoms with E-state index < -0.39 is 5.60 Å². The van der Waals surface area contributed by atoms with Gasteiger partial charge in [-0.05, 0) is 183 Å². The number of carbonyl (C=O) groups is 8. The molecule has 2 N–H and O–H groups in total. The van der Waals surface area contributed by atoms with Gasteiger partial charge in [0.05, 0.1) is 51.3 Å². The van der Waals surface area contributed by atoms with Crippen molar-refractivity contribution in [3.05, 3.63) is 141 Å². The maximum absolute atomic E-state index is 12.5. The van der Waals surface area contributed by atoms with Crippen molar-refractivity contribution in [1.29, 1.82) is 0 Å². The second-order valence-electron chi connectivity index (χ2n) is 25.5.